The molecule has 1 aromatic rings. The Hall–Kier alpha value is -1.17. The first-order valence-corrected chi connectivity index (χ1v) is 6.56. The fourth-order valence-electron chi connectivity index (χ4n) is 2.31. The Balaban J connectivity index is 0.00000200. The van der Waals surface area contributed by atoms with E-state index in [1.807, 2.05) is 11.9 Å². The molecule has 3 N–H and O–H groups in total. The van der Waals surface area contributed by atoms with E-state index in [4.69, 9.17) is 5.73 Å². The molecular weight excluding hydrogens is 281 g/mol. The Labute approximate surface area is 124 Å². The van der Waals surface area contributed by atoms with Crippen LogP contribution in [0.5, 0.6) is 0 Å². The number of carbonyl (C=O) groups is 1. The van der Waals surface area contributed by atoms with Gasteiger partial charge in [-0.25, -0.2) is 4.39 Å². The largest absolute Gasteiger partial charge is 0.329 e. The van der Waals surface area contributed by atoms with Crippen LogP contribution in [0.25, 0.3) is 0 Å². The number of nitrogens with one attached hydrogen (secondary N) is 1. The van der Waals surface area contributed by atoms with Crippen LogP contribution < -0.4 is 11.1 Å². The second-order valence-electron chi connectivity index (χ2n) is 5.08. The predicted octanol–water partition coefficient (Wildman–Crippen LogP) is 1.86. The molecule has 1 amide bonds. The van der Waals surface area contributed by atoms with Crippen molar-refractivity contribution in [3.8, 4) is 0 Å². The Morgan fingerprint density at radius 1 is 1.50 bits per heavy atom. The number of rotatable bonds is 6. The van der Waals surface area contributed by atoms with Crippen molar-refractivity contribution < 1.29 is 9.18 Å². The van der Waals surface area contributed by atoms with Gasteiger partial charge in [0.05, 0.1) is 12.2 Å². The van der Waals surface area contributed by atoms with Gasteiger partial charge < -0.3 is 11.1 Å². The molecule has 2 rings (SSSR count). The Bertz CT molecular complexity index is 454. The number of amides is 1. The summed E-state index contributed by atoms with van der Waals surface area (Å²) in [6, 6.07) is 6.40. The lowest BCUT2D eigenvalue weighted by Crippen LogP contribution is -2.43. The van der Waals surface area contributed by atoms with E-state index in [0.29, 0.717) is 12.5 Å². The van der Waals surface area contributed by atoms with E-state index in [9.17, 15) is 9.18 Å². The third-order valence-corrected chi connectivity index (χ3v) is 3.51. The molecule has 1 fully saturated rings. The van der Waals surface area contributed by atoms with Crippen molar-refractivity contribution in [2.45, 2.75) is 18.9 Å². The lowest BCUT2D eigenvalue weighted by Gasteiger charge is -2.26. The Kier molecular flexibility index (Phi) is 6.39. The fourth-order valence-corrected chi connectivity index (χ4v) is 2.31. The average Bonchev–Trinajstić information content (AvgIpc) is 3.17. The van der Waals surface area contributed by atoms with Crippen LogP contribution in [-0.4, -0.2) is 37.0 Å². The molecule has 112 valence electrons. The van der Waals surface area contributed by atoms with Gasteiger partial charge in [0.15, 0.2) is 0 Å². The molecule has 0 aromatic heterocycles. The molecule has 0 saturated heterocycles. The molecule has 0 heterocycles. The number of halogens is 2. The smallest absolute Gasteiger partial charge is 0.238 e. The van der Waals surface area contributed by atoms with Gasteiger partial charge in [0, 0.05) is 12.6 Å². The number of benzene rings is 1. The number of para-hydroxylation sites is 1. The number of nitrogens with two attached hydrogens (primary N) is 1. The molecule has 0 bridgehead atoms. The molecule has 1 saturated carbocycles. The molecule has 1 aliphatic rings. The molecular formula is C14H21ClFN3O. The Morgan fingerprint density at radius 2 is 2.15 bits per heavy atom. The van der Waals surface area contributed by atoms with Gasteiger partial charge in [-0.15, -0.1) is 12.4 Å². The zero-order valence-electron chi connectivity index (χ0n) is 11.5. The number of likely N-dealkylation sites (N-methyl/N-ethyl adjacent to an activating group) is 1. The summed E-state index contributed by atoms with van der Waals surface area (Å²) in [7, 11) is 1.89. The van der Waals surface area contributed by atoms with E-state index in [-0.39, 0.29) is 36.6 Å². The van der Waals surface area contributed by atoms with Gasteiger partial charge in [-0.3, -0.25) is 9.69 Å². The normalized spacial score (nSPS) is 15.6. The SMILES string of the molecule is CN(CC(=O)Nc1ccccc1F)C(CN)C1CC1.Cl. The van der Waals surface area contributed by atoms with E-state index in [2.05, 4.69) is 5.32 Å². The summed E-state index contributed by atoms with van der Waals surface area (Å²) >= 11 is 0. The van der Waals surface area contributed by atoms with Gasteiger partial charge in [-0.2, -0.15) is 0 Å². The molecule has 1 aliphatic carbocycles. The summed E-state index contributed by atoms with van der Waals surface area (Å²) in [6.07, 6.45) is 2.36. The van der Waals surface area contributed by atoms with E-state index in [0.717, 1.165) is 0 Å². The quantitative estimate of drug-likeness (QED) is 0.843. The number of nitrogens with zero attached hydrogens (tertiary/aromatic N) is 1. The molecule has 0 radical (unpaired) electrons. The minimum Gasteiger partial charge on any atom is -0.329 e. The van der Waals surface area contributed by atoms with Crippen LogP contribution in [-0.2, 0) is 4.79 Å². The van der Waals surface area contributed by atoms with E-state index < -0.39 is 5.82 Å². The van der Waals surface area contributed by atoms with Crippen LogP contribution in [0.15, 0.2) is 24.3 Å². The molecule has 0 aliphatic heterocycles. The van der Waals surface area contributed by atoms with Crippen molar-refractivity contribution in [3.05, 3.63) is 30.1 Å². The number of hydrogen-bond acceptors (Lipinski definition) is 3. The van der Waals surface area contributed by atoms with Crippen LogP contribution in [0.4, 0.5) is 10.1 Å². The average molecular weight is 302 g/mol. The minimum absolute atomic E-state index is 0. The third-order valence-electron chi connectivity index (χ3n) is 3.51. The highest BCUT2D eigenvalue weighted by Crippen LogP contribution is 2.34. The highest BCUT2D eigenvalue weighted by molar-refractivity contribution is 5.92. The van der Waals surface area contributed by atoms with E-state index in [1.165, 1.54) is 18.9 Å². The summed E-state index contributed by atoms with van der Waals surface area (Å²) in [6.45, 7) is 0.779. The van der Waals surface area contributed by atoms with Crippen molar-refractivity contribution in [2.24, 2.45) is 11.7 Å². The van der Waals surface area contributed by atoms with E-state index >= 15 is 0 Å². The lowest BCUT2D eigenvalue weighted by molar-refractivity contribution is -0.117. The molecule has 4 nitrogen and oxygen atoms in total. The maximum absolute atomic E-state index is 13.4. The van der Waals surface area contributed by atoms with Crippen molar-refractivity contribution in [1.82, 2.24) is 4.90 Å². The van der Waals surface area contributed by atoms with Gasteiger partial charge in [0.25, 0.3) is 0 Å². The number of anilines is 1. The first-order chi connectivity index (χ1) is 9.11. The first kappa shape index (κ1) is 16.9. The van der Waals surface area contributed by atoms with Crippen molar-refractivity contribution in [2.75, 3.05) is 25.5 Å². The van der Waals surface area contributed by atoms with Crippen LogP contribution in [0, 0.1) is 11.7 Å². The fraction of sp³-hybridized carbons (Fsp3) is 0.500. The molecule has 1 aromatic carbocycles. The monoisotopic (exact) mass is 301 g/mol. The highest BCUT2D eigenvalue weighted by atomic mass is 35.5. The second-order valence-corrected chi connectivity index (χ2v) is 5.08. The summed E-state index contributed by atoms with van der Waals surface area (Å²) in [4.78, 5) is 13.8. The van der Waals surface area contributed by atoms with Crippen molar-refractivity contribution in [3.63, 3.8) is 0 Å². The molecule has 20 heavy (non-hydrogen) atoms. The zero-order valence-corrected chi connectivity index (χ0v) is 12.3. The molecule has 1 atom stereocenters. The minimum atomic E-state index is -0.420. The maximum Gasteiger partial charge on any atom is 0.238 e. The lowest BCUT2D eigenvalue weighted by atomic mass is 10.1. The van der Waals surface area contributed by atoms with E-state index in [1.54, 1.807) is 18.2 Å². The summed E-state index contributed by atoms with van der Waals surface area (Å²) < 4.78 is 13.4. The van der Waals surface area contributed by atoms with Crippen LogP contribution >= 0.6 is 12.4 Å². The molecule has 6 heteroatoms. The predicted molar refractivity (Wildman–Crippen MR) is 80.5 cm³/mol. The van der Waals surface area contributed by atoms with Crippen molar-refractivity contribution in [1.29, 1.82) is 0 Å². The van der Waals surface area contributed by atoms with Crippen LogP contribution in [0.1, 0.15) is 12.8 Å². The summed E-state index contributed by atoms with van der Waals surface area (Å²) in [5.74, 6) is -0.0287. The number of hydrogen-bond donors (Lipinski definition) is 2. The van der Waals surface area contributed by atoms with Gasteiger partial charge in [-0.1, -0.05) is 12.1 Å². The zero-order chi connectivity index (χ0) is 13.8. The highest BCUT2D eigenvalue weighted by Gasteiger charge is 2.33. The van der Waals surface area contributed by atoms with Gasteiger partial charge >= 0.3 is 0 Å². The third kappa shape index (κ3) is 4.44. The van der Waals surface area contributed by atoms with Gasteiger partial charge in [-0.05, 0) is 37.9 Å². The second kappa shape index (κ2) is 7.57. The number of carbonyl (C=O) groups excluding carboxylic acids is 1. The van der Waals surface area contributed by atoms with Gasteiger partial charge in [0.1, 0.15) is 5.82 Å². The standard InChI is InChI=1S/C14H20FN3O.ClH/c1-18(13(8-16)10-6-7-10)9-14(19)17-12-5-3-2-4-11(12)15;/h2-5,10,13H,6-9,16H2,1H3,(H,17,19);1H. The maximum atomic E-state index is 13.4. The van der Waals surface area contributed by atoms with Crippen LogP contribution in [0.3, 0.4) is 0 Å². The summed E-state index contributed by atoms with van der Waals surface area (Å²) in [5, 5.41) is 2.58. The summed E-state index contributed by atoms with van der Waals surface area (Å²) in [5.41, 5.74) is 5.95. The first-order valence-electron chi connectivity index (χ1n) is 6.56. The van der Waals surface area contributed by atoms with Gasteiger partial charge in [0.2, 0.25) is 5.91 Å². The molecule has 1 unspecified atom stereocenters. The topological polar surface area (TPSA) is 58.4 Å². The van der Waals surface area contributed by atoms with Crippen LogP contribution in [0.2, 0.25) is 0 Å². The van der Waals surface area contributed by atoms with Crippen molar-refractivity contribution >= 4 is 24.0 Å². The molecule has 0 spiro atoms. The Morgan fingerprint density at radius 3 is 2.70 bits per heavy atom.